The van der Waals surface area contributed by atoms with Crippen molar-refractivity contribution < 1.29 is 33.8 Å². The van der Waals surface area contributed by atoms with Gasteiger partial charge in [0.05, 0.1) is 13.0 Å². The third kappa shape index (κ3) is 3.13. The number of carbonyl (C=O) groups excluding carboxylic acids is 4. The van der Waals surface area contributed by atoms with Gasteiger partial charge < -0.3 is 14.6 Å². The number of hydrogen-bond acceptors (Lipinski definition) is 7. The van der Waals surface area contributed by atoms with Gasteiger partial charge in [0.25, 0.3) is 0 Å². The fraction of sp³-hybridized carbons (Fsp3) is 0.667. The molecule has 2 aliphatic carbocycles. The summed E-state index contributed by atoms with van der Waals surface area (Å²) in [6.07, 6.45) is 0.459. The first-order valence-corrected chi connectivity index (χ1v) is 8.18. The van der Waals surface area contributed by atoms with E-state index < -0.39 is 35.0 Å². The van der Waals surface area contributed by atoms with E-state index in [4.69, 9.17) is 4.74 Å². The fourth-order valence-corrected chi connectivity index (χ4v) is 4.22. The van der Waals surface area contributed by atoms with E-state index in [1.54, 1.807) is 13.8 Å². The largest absolute Gasteiger partial charge is 0.467 e. The number of hydrogen-bond donors (Lipinski definition) is 1. The van der Waals surface area contributed by atoms with E-state index in [-0.39, 0.29) is 30.3 Å². The molecule has 0 aromatic heterocycles. The smallest absolute Gasteiger partial charge is 0.338 e. The molecule has 0 spiro atoms. The third-order valence-electron chi connectivity index (χ3n) is 5.55. The first-order valence-electron chi connectivity index (χ1n) is 8.18. The summed E-state index contributed by atoms with van der Waals surface area (Å²) in [5.74, 6) is -3.41. The summed E-state index contributed by atoms with van der Waals surface area (Å²) in [5, 5.41) is 10.5. The summed E-state index contributed by atoms with van der Waals surface area (Å²) in [6, 6.07) is 0. The van der Waals surface area contributed by atoms with Crippen molar-refractivity contribution in [2.24, 2.45) is 17.3 Å². The van der Waals surface area contributed by atoms with E-state index in [1.807, 2.05) is 0 Å². The quantitative estimate of drug-likeness (QED) is 0.754. The number of ketones is 2. The monoisotopic (exact) mass is 352 g/mol. The van der Waals surface area contributed by atoms with E-state index in [9.17, 15) is 24.3 Å². The zero-order valence-corrected chi connectivity index (χ0v) is 15.1. The molecule has 0 aromatic rings. The predicted octanol–water partition coefficient (Wildman–Crippen LogP) is 0.973. The molecule has 1 N–H and O–H groups in total. The van der Waals surface area contributed by atoms with Crippen LogP contribution in [0.5, 0.6) is 0 Å². The highest BCUT2D eigenvalue weighted by Crippen LogP contribution is 2.52. The minimum atomic E-state index is -1.95. The number of carbonyl (C=O) groups is 4. The number of allylic oxidation sites excluding steroid dienone is 1. The summed E-state index contributed by atoms with van der Waals surface area (Å²) in [5.41, 5.74) is -2.11. The van der Waals surface area contributed by atoms with Crippen molar-refractivity contribution >= 4 is 23.5 Å². The molecule has 2 rings (SSSR count). The van der Waals surface area contributed by atoms with E-state index in [0.717, 1.165) is 12.7 Å². The molecule has 0 radical (unpaired) electrons. The van der Waals surface area contributed by atoms with Crippen molar-refractivity contribution in [3.8, 4) is 0 Å². The Morgan fingerprint density at radius 2 is 1.96 bits per heavy atom. The topological polar surface area (TPSA) is 107 Å². The number of methoxy groups -OCH3 is 1. The molecule has 25 heavy (non-hydrogen) atoms. The molecule has 2 aliphatic rings. The van der Waals surface area contributed by atoms with Crippen LogP contribution in [-0.2, 0) is 28.7 Å². The van der Waals surface area contributed by atoms with E-state index in [1.165, 1.54) is 19.9 Å². The van der Waals surface area contributed by atoms with Gasteiger partial charge in [-0.05, 0) is 32.3 Å². The molecule has 0 aliphatic heterocycles. The lowest BCUT2D eigenvalue weighted by atomic mass is 9.54. The average molecular weight is 352 g/mol. The van der Waals surface area contributed by atoms with E-state index in [0.29, 0.717) is 0 Å². The molecular formula is C18H24O7. The summed E-state index contributed by atoms with van der Waals surface area (Å²) >= 11 is 0. The van der Waals surface area contributed by atoms with Gasteiger partial charge in [0, 0.05) is 18.8 Å². The van der Waals surface area contributed by atoms with E-state index in [2.05, 4.69) is 4.74 Å². The van der Waals surface area contributed by atoms with E-state index >= 15 is 0 Å². The van der Waals surface area contributed by atoms with Crippen molar-refractivity contribution in [3.05, 3.63) is 11.6 Å². The molecule has 0 bridgehead atoms. The van der Waals surface area contributed by atoms with Gasteiger partial charge in [0.1, 0.15) is 5.78 Å². The summed E-state index contributed by atoms with van der Waals surface area (Å²) in [7, 11) is 1.15. The fourth-order valence-electron chi connectivity index (χ4n) is 4.22. The first-order chi connectivity index (χ1) is 11.4. The number of esters is 2. The van der Waals surface area contributed by atoms with Crippen molar-refractivity contribution in [1.82, 2.24) is 0 Å². The number of rotatable bonds is 3. The van der Waals surface area contributed by atoms with Gasteiger partial charge in [0.15, 0.2) is 17.5 Å². The maximum absolute atomic E-state index is 12.7. The lowest BCUT2D eigenvalue weighted by Crippen LogP contribution is -2.58. The number of fused-ring (bicyclic) bond motifs is 1. The molecule has 1 saturated carbocycles. The van der Waals surface area contributed by atoms with Crippen LogP contribution < -0.4 is 0 Å². The molecule has 0 amide bonds. The van der Waals surface area contributed by atoms with Crippen LogP contribution in [0.2, 0.25) is 0 Å². The van der Waals surface area contributed by atoms with Crippen molar-refractivity contribution in [2.75, 3.05) is 7.11 Å². The molecule has 0 saturated heterocycles. The minimum Gasteiger partial charge on any atom is -0.467 e. The Morgan fingerprint density at radius 3 is 2.48 bits per heavy atom. The van der Waals surface area contributed by atoms with Gasteiger partial charge >= 0.3 is 11.9 Å². The lowest BCUT2D eigenvalue weighted by molar-refractivity contribution is -0.179. The molecule has 1 fully saturated rings. The van der Waals surface area contributed by atoms with Crippen LogP contribution in [0.1, 0.15) is 40.5 Å². The Kier molecular flexibility index (Phi) is 4.92. The molecule has 138 valence electrons. The Labute approximate surface area is 146 Å². The minimum absolute atomic E-state index is 0.0790. The van der Waals surface area contributed by atoms with Crippen LogP contribution in [0, 0.1) is 17.3 Å². The molecule has 7 heteroatoms. The molecule has 5 unspecified atom stereocenters. The molecule has 5 atom stereocenters. The highest BCUT2D eigenvalue weighted by Gasteiger charge is 2.59. The van der Waals surface area contributed by atoms with Gasteiger partial charge in [-0.1, -0.05) is 12.5 Å². The SMILES string of the molecule is COC(=O)C(C)(O)C1CC2C(C)=CC(=O)C(OC(C)=O)C2(C)CC1=O. The molecule has 0 aromatic carbocycles. The second-order valence-electron chi connectivity index (χ2n) is 7.41. The van der Waals surface area contributed by atoms with Crippen molar-refractivity contribution in [3.63, 3.8) is 0 Å². The van der Waals surface area contributed by atoms with Gasteiger partial charge in [0.2, 0.25) is 0 Å². The van der Waals surface area contributed by atoms with Gasteiger partial charge in [-0.15, -0.1) is 0 Å². The molecule has 0 heterocycles. The zero-order chi connectivity index (χ0) is 19.2. The molecule has 7 nitrogen and oxygen atoms in total. The predicted molar refractivity (Wildman–Crippen MR) is 86.3 cm³/mol. The number of Topliss-reactive ketones (excluding diaryl/α,β-unsaturated/α-hetero) is 1. The zero-order valence-electron chi connectivity index (χ0n) is 15.1. The van der Waals surface area contributed by atoms with Crippen LogP contribution >= 0.6 is 0 Å². The normalized spacial score (nSPS) is 34.5. The second kappa shape index (κ2) is 6.37. The maximum Gasteiger partial charge on any atom is 0.338 e. The molecular weight excluding hydrogens is 328 g/mol. The third-order valence-corrected chi connectivity index (χ3v) is 5.55. The second-order valence-corrected chi connectivity index (χ2v) is 7.41. The Bertz CT molecular complexity index is 660. The first kappa shape index (κ1) is 19.3. The maximum atomic E-state index is 12.7. The summed E-state index contributed by atoms with van der Waals surface area (Å²) in [6.45, 7) is 5.98. The van der Waals surface area contributed by atoms with Crippen LogP contribution in [0.4, 0.5) is 0 Å². The summed E-state index contributed by atoms with van der Waals surface area (Å²) in [4.78, 5) is 48.4. The van der Waals surface area contributed by atoms with Gasteiger partial charge in [-0.3, -0.25) is 14.4 Å². The van der Waals surface area contributed by atoms with Crippen molar-refractivity contribution in [1.29, 1.82) is 0 Å². The summed E-state index contributed by atoms with van der Waals surface area (Å²) < 4.78 is 9.84. The van der Waals surface area contributed by atoms with Gasteiger partial charge in [-0.25, -0.2) is 4.79 Å². The van der Waals surface area contributed by atoms with Crippen LogP contribution in [0.3, 0.4) is 0 Å². The van der Waals surface area contributed by atoms with Gasteiger partial charge in [-0.2, -0.15) is 0 Å². The van der Waals surface area contributed by atoms with Crippen molar-refractivity contribution in [2.45, 2.75) is 52.2 Å². The number of ether oxygens (including phenoxy) is 2. The van der Waals surface area contributed by atoms with Crippen LogP contribution in [0.25, 0.3) is 0 Å². The highest BCUT2D eigenvalue weighted by atomic mass is 16.5. The van der Waals surface area contributed by atoms with Crippen LogP contribution in [0.15, 0.2) is 11.6 Å². The Morgan fingerprint density at radius 1 is 1.36 bits per heavy atom. The average Bonchev–Trinajstić information content (AvgIpc) is 2.49. The lowest BCUT2D eigenvalue weighted by Gasteiger charge is -2.50. The Balaban J connectivity index is 2.44. The number of aliphatic hydroxyl groups is 1. The van der Waals surface area contributed by atoms with Crippen LogP contribution in [-0.4, -0.2) is 47.4 Å². The highest BCUT2D eigenvalue weighted by molar-refractivity contribution is 5.99. The Hall–Kier alpha value is -2.02. The standard InChI is InChI=1S/C18H24O7/c1-9-6-13(20)15(25-10(2)19)17(3)8-14(21)12(7-11(9)17)18(4,23)16(22)24-5/h6,11-12,15,23H,7-8H2,1-5H3.